The van der Waals surface area contributed by atoms with Crippen molar-refractivity contribution in [3.63, 3.8) is 0 Å². The summed E-state index contributed by atoms with van der Waals surface area (Å²) in [6.45, 7) is 6.97. The van der Waals surface area contributed by atoms with Gasteiger partial charge in [0, 0.05) is 41.2 Å². The number of hydrogen-bond acceptors (Lipinski definition) is 4. The SMILES string of the molecule is CC(C)(C)C(=O)N(CCc1csc2nc(-c3ccccc3)cn12)Cc1ccco1. The number of aromatic nitrogens is 2. The summed E-state index contributed by atoms with van der Waals surface area (Å²) in [7, 11) is 0. The van der Waals surface area contributed by atoms with Crippen molar-refractivity contribution in [3.05, 3.63) is 71.8 Å². The zero-order chi connectivity index (χ0) is 20.4. The molecule has 1 aromatic carbocycles. The third kappa shape index (κ3) is 4.27. The molecule has 0 spiro atoms. The predicted octanol–water partition coefficient (Wildman–Crippen LogP) is 5.27. The minimum Gasteiger partial charge on any atom is -0.467 e. The van der Waals surface area contributed by atoms with Crippen LogP contribution in [0.1, 0.15) is 32.2 Å². The maximum Gasteiger partial charge on any atom is 0.228 e. The van der Waals surface area contributed by atoms with Crippen LogP contribution in [0, 0.1) is 5.41 Å². The second-order valence-corrected chi connectivity index (χ2v) is 9.01. The van der Waals surface area contributed by atoms with Crippen molar-refractivity contribution in [2.75, 3.05) is 6.54 Å². The molecule has 150 valence electrons. The van der Waals surface area contributed by atoms with Crippen molar-refractivity contribution in [2.24, 2.45) is 5.41 Å². The predicted molar refractivity (Wildman–Crippen MR) is 116 cm³/mol. The van der Waals surface area contributed by atoms with Crippen LogP contribution in [0.4, 0.5) is 0 Å². The fourth-order valence-corrected chi connectivity index (χ4v) is 4.23. The largest absolute Gasteiger partial charge is 0.467 e. The highest BCUT2D eigenvalue weighted by Gasteiger charge is 2.28. The van der Waals surface area contributed by atoms with Crippen LogP contribution in [0.25, 0.3) is 16.2 Å². The van der Waals surface area contributed by atoms with Crippen LogP contribution < -0.4 is 0 Å². The Morgan fingerprint density at radius 2 is 1.97 bits per heavy atom. The van der Waals surface area contributed by atoms with E-state index in [1.807, 2.05) is 56.0 Å². The standard InChI is InChI=1S/C23H25N3O2S/c1-23(2,3)21(27)25(14-19-10-7-13-28-19)12-11-18-16-29-22-24-20(15-26(18)22)17-8-5-4-6-9-17/h4-10,13,15-16H,11-12,14H2,1-3H3. The van der Waals surface area contributed by atoms with Gasteiger partial charge in [0.15, 0.2) is 4.96 Å². The van der Waals surface area contributed by atoms with Crippen molar-refractivity contribution in [1.82, 2.24) is 14.3 Å². The molecule has 3 aromatic heterocycles. The fraction of sp³-hybridized carbons (Fsp3) is 0.304. The van der Waals surface area contributed by atoms with Gasteiger partial charge in [0.1, 0.15) is 5.76 Å². The molecule has 0 aliphatic rings. The smallest absolute Gasteiger partial charge is 0.228 e. The van der Waals surface area contributed by atoms with Crippen molar-refractivity contribution in [2.45, 2.75) is 33.7 Å². The molecule has 0 fully saturated rings. The summed E-state index contributed by atoms with van der Waals surface area (Å²) in [5.41, 5.74) is 2.80. The number of benzene rings is 1. The van der Waals surface area contributed by atoms with Gasteiger partial charge in [-0.15, -0.1) is 11.3 Å². The summed E-state index contributed by atoms with van der Waals surface area (Å²) in [6.07, 6.45) is 4.49. The number of imidazole rings is 1. The lowest BCUT2D eigenvalue weighted by molar-refractivity contribution is -0.140. The number of rotatable bonds is 6. The molecule has 0 unspecified atom stereocenters. The van der Waals surface area contributed by atoms with E-state index in [1.54, 1.807) is 17.6 Å². The molecule has 0 atom stereocenters. The minimum absolute atomic E-state index is 0.121. The van der Waals surface area contributed by atoms with E-state index >= 15 is 0 Å². The molecule has 5 nitrogen and oxygen atoms in total. The first-order chi connectivity index (χ1) is 13.9. The van der Waals surface area contributed by atoms with Crippen LogP contribution in [0.15, 0.2) is 64.7 Å². The molecule has 0 aliphatic carbocycles. The second-order valence-electron chi connectivity index (χ2n) is 8.18. The number of hydrogen-bond donors (Lipinski definition) is 0. The molecule has 4 aromatic rings. The number of amides is 1. The highest BCUT2D eigenvalue weighted by Crippen LogP contribution is 2.25. The number of nitrogens with zero attached hydrogens (tertiary/aromatic N) is 3. The number of carbonyl (C=O) groups excluding carboxylic acids is 1. The third-order valence-corrected chi connectivity index (χ3v) is 5.74. The molecule has 0 N–H and O–H groups in total. The van der Waals surface area contributed by atoms with E-state index in [4.69, 9.17) is 9.40 Å². The average molecular weight is 408 g/mol. The van der Waals surface area contributed by atoms with Gasteiger partial charge in [-0.1, -0.05) is 51.1 Å². The molecule has 0 saturated heterocycles. The van der Waals surface area contributed by atoms with Crippen LogP contribution in [-0.4, -0.2) is 26.7 Å². The maximum atomic E-state index is 13.0. The Morgan fingerprint density at radius 1 is 1.17 bits per heavy atom. The minimum atomic E-state index is -0.438. The number of fused-ring (bicyclic) bond motifs is 1. The Kier molecular flexibility index (Phi) is 5.28. The first-order valence-corrected chi connectivity index (χ1v) is 10.6. The highest BCUT2D eigenvalue weighted by atomic mass is 32.1. The van der Waals surface area contributed by atoms with E-state index < -0.39 is 5.41 Å². The van der Waals surface area contributed by atoms with Crippen molar-refractivity contribution < 1.29 is 9.21 Å². The van der Waals surface area contributed by atoms with Gasteiger partial charge < -0.3 is 9.32 Å². The average Bonchev–Trinajstić information content (AvgIpc) is 3.42. The summed E-state index contributed by atoms with van der Waals surface area (Å²) in [5.74, 6) is 0.919. The lowest BCUT2D eigenvalue weighted by Gasteiger charge is -2.29. The lowest BCUT2D eigenvalue weighted by Crippen LogP contribution is -2.40. The molecule has 3 heterocycles. The molecule has 0 aliphatic heterocycles. The summed E-state index contributed by atoms with van der Waals surface area (Å²) >= 11 is 1.63. The Hall–Kier alpha value is -2.86. The fourth-order valence-electron chi connectivity index (χ4n) is 3.32. The number of carbonyl (C=O) groups is 1. The molecule has 1 amide bonds. The molecule has 0 saturated carbocycles. The Labute approximate surface area is 174 Å². The summed E-state index contributed by atoms with van der Waals surface area (Å²) < 4.78 is 7.62. The van der Waals surface area contributed by atoms with E-state index in [-0.39, 0.29) is 5.91 Å². The van der Waals surface area contributed by atoms with Gasteiger partial charge in [-0.05, 0) is 12.1 Å². The summed E-state index contributed by atoms with van der Waals surface area (Å²) in [5, 5.41) is 2.13. The van der Waals surface area contributed by atoms with Gasteiger partial charge >= 0.3 is 0 Å². The first-order valence-electron chi connectivity index (χ1n) is 9.74. The summed E-state index contributed by atoms with van der Waals surface area (Å²) in [4.78, 5) is 20.6. The third-order valence-electron chi connectivity index (χ3n) is 4.85. The van der Waals surface area contributed by atoms with E-state index in [0.717, 1.165) is 34.1 Å². The van der Waals surface area contributed by atoms with Crippen LogP contribution in [0.5, 0.6) is 0 Å². The number of thiazole rings is 1. The molecular weight excluding hydrogens is 382 g/mol. The van der Waals surface area contributed by atoms with Crippen LogP contribution in [-0.2, 0) is 17.8 Å². The zero-order valence-corrected chi connectivity index (χ0v) is 17.8. The van der Waals surface area contributed by atoms with E-state index in [1.165, 1.54) is 0 Å². The van der Waals surface area contributed by atoms with Crippen molar-refractivity contribution in [3.8, 4) is 11.3 Å². The molecule has 4 rings (SSSR count). The second kappa shape index (κ2) is 7.87. The highest BCUT2D eigenvalue weighted by molar-refractivity contribution is 7.15. The quantitative estimate of drug-likeness (QED) is 0.437. The van der Waals surface area contributed by atoms with E-state index in [2.05, 4.69) is 28.1 Å². The molecular formula is C23H25N3O2S. The van der Waals surface area contributed by atoms with E-state index in [0.29, 0.717) is 13.1 Å². The Morgan fingerprint density at radius 3 is 2.66 bits per heavy atom. The summed E-state index contributed by atoms with van der Waals surface area (Å²) in [6, 6.07) is 14.0. The first kappa shape index (κ1) is 19.5. The lowest BCUT2D eigenvalue weighted by atomic mass is 9.94. The van der Waals surface area contributed by atoms with Gasteiger partial charge in [-0.2, -0.15) is 0 Å². The number of furan rings is 1. The Balaban J connectivity index is 1.54. The normalized spacial score (nSPS) is 11.8. The molecule has 0 bridgehead atoms. The van der Waals surface area contributed by atoms with Crippen LogP contribution in [0.3, 0.4) is 0 Å². The van der Waals surface area contributed by atoms with Crippen molar-refractivity contribution >= 4 is 22.2 Å². The van der Waals surface area contributed by atoms with Crippen LogP contribution >= 0.6 is 11.3 Å². The monoisotopic (exact) mass is 407 g/mol. The van der Waals surface area contributed by atoms with E-state index in [9.17, 15) is 4.79 Å². The van der Waals surface area contributed by atoms with Gasteiger partial charge in [-0.25, -0.2) is 4.98 Å². The Bertz CT molecular complexity index is 1090. The molecule has 6 heteroatoms. The molecule has 0 radical (unpaired) electrons. The maximum absolute atomic E-state index is 13.0. The molecule has 29 heavy (non-hydrogen) atoms. The topological polar surface area (TPSA) is 50.8 Å². The van der Waals surface area contributed by atoms with Crippen LogP contribution in [0.2, 0.25) is 0 Å². The van der Waals surface area contributed by atoms with Gasteiger partial charge in [0.05, 0.1) is 18.5 Å². The van der Waals surface area contributed by atoms with Crippen molar-refractivity contribution in [1.29, 1.82) is 0 Å². The van der Waals surface area contributed by atoms with Gasteiger partial charge in [0.25, 0.3) is 0 Å². The van der Waals surface area contributed by atoms with Gasteiger partial charge in [0.2, 0.25) is 5.91 Å². The van der Waals surface area contributed by atoms with Gasteiger partial charge in [-0.3, -0.25) is 9.20 Å². The zero-order valence-electron chi connectivity index (χ0n) is 17.0.